The summed E-state index contributed by atoms with van der Waals surface area (Å²) in [6, 6.07) is 3.90. The number of ether oxygens (including phenoxy) is 1. The molecule has 31 heavy (non-hydrogen) atoms. The summed E-state index contributed by atoms with van der Waals surface area (Å²) >= 11 is 0. The van der Waals surface area contributed by atoms with Crippen LogP contribution in [0.25, 0.3) is 0 Å². The van der Waals surface area contributed by atoms with Crippen molar-refractivity contribution < 1.29 is 28.8 Å². The van der Waals surface area contributed by atoms with Crippen molar-refractivity contribution in [3.63, 3.8) is 0 Å². The molecule has 5 atom stereocenters. The molecule has 0 aromatic heterocycles. The second kappa shape index (κ2) is 7.86. The molecule has 1 saturated heterocycles. The molecule has 164 valence electrons. The van der Waals surface area contributed by atoms with E-state index in [-0.39, 0.29) is 52.7 Å². The molecule has 9 heteroatoms. The lowest BCUT2D eigenvalue weighted by molar-refractivity contribution is -0.384. The van der Waals surface area contributed by atoms with E-state index in [0.717, 1.165) is 24.2 Å². The van der Waals surface area contributed by atoms with Crippen molar-refractivity contribution in [1.82, 2.24) is 4.90 Å². The maximum absolute atomic E-state index is 13.1. The fourth-order valence-electron chi connectivity index (χ4n) is 5.46. The number of hydrogen-bond donors (Lipinski definition) is 0. The maximum atomic E-state index is 13.1. The Hall–Kier alpha value is -3.10. The first-order chi connectivity index (χ1) is 14.7. The number of carbonyl (C=O) groups excluding carboxylic acids is 4. The highest BCUT2D eigenvalue weighted by Gasteiger charge is 2.62. The van der Waals surface area contributed by atoms with Crippen LogP contribution in [0.2, 0.25) is 0 Å². The summed E-state index contributed by atoms with van der Waals surface area (Å²) in [5, 5.41) is 10.7. The van der Waals surface area contributed by atoms with Gasteiger partial charge in [0.2, 0.25) is 11.8 Å². The molecular weight excluding hydrogens is 404 g/mol. The number of hydrogen-bond acceptors (Lipinski definition) is 7. The predicted molar refractivity (Wildman–Crippen MR) is 107 cm³/mol. The minimum Gasteiger partial charge on any atom is -0.456 e. The molecule has 3 fully saturated rings. The van der Waals surface area contributed by atoms with Gasteiger partial charge < -0.3 is 4.74 Å². The molecule has 0 spiro atoms. The number of likely N-dealkylation sites (tertiary alicyclic amines) is 1. The molecule has 1 aromatic carbocycles. The van der Waals surface area contributed by atoms with Crippen LogP contribution in [0.5, 0.6) is 0 Å². The normalized spacial score (nSPS) is 27.5. The summed E-state index contributed by atoms with van der Waals surface area (Å²) in [4.78, 5) is 62.5. The average molecular weight is 428 g/mol. The zero-order valence-corrected chi connectivity index (χ0v) is 17.4. The molecule has 3 aliphatic rings. The number of amides is 2. The minimum absolute atomic E-state index is 0.154. The number of rotatable bonds is 7. The van der Waals surface area contributed by atoms with Crippen molar-refractivity contribution in [3.8, 4) is 0 Å². The molecule has 0 unspecified atom stereocenters. The molecule has 4 rings (SSSR count). The number of ketones is 1. The number of benzene rings is 1. The van der Waals surface area contributed by atoms with E-state index in [1.807, 2.05) is 0 Å². The Balaban J connectivity index is 1.44. The highest BCUT2D eigenvalue weighted by molar-refractivity contribution is 6.09. The third kappa shape index (κ3) is 3.51. The van der Waals surface area contributed by atoms with Gasteiger partial charge >= 0.3 is 5.97 Å². The fourth-order valence-corrected chi connectivity index (χ4v) is 5.46. The van der Waals surface area contributed by atoms with Crippen LogP contribution in [0.3, 0.4) is 0 Å². The monoisotopic (exact) mass is 428 g/mol. The highest BCUT2D eigenvalue weighted by atomic mass is 16.6. The first-order valence-corrected chi connectivity index (χ1v) is 10.5. The van der Waals surface area contributed by atoms with Crippen molar-refractivity contribution in [2.75, 3.05) is 6.61 Å². The van der Waals surface area contributed by atoms with Crippen molar-refractivity contribution in [1.29, 1.82) is 0 Å². The van der Waals surface area contributed by atoms with Crippen LogP contribution < -0.4 is 0 Å². The first kappa shape index (κ1) is 21.1. The molecule has 2 aliphatic carbocycles. The van der Waals surface area contributed by atoms with Crippen molar-refractivity contribution in [3.05, 3.63) is 39.9 Å². The van der Waals surface area contributed by atoms with Gasteiger partial charge in [-0.25, -0.2) is 4.79 Å². The van der Waals surface area contributed by atoms with Gasteiger partial charge in [0.15, 0.2) is 12.4 Å². The van der Waals surface area contributed by atoms with E-state index in [1.165, 1.54) is 24.3 Å². The lowest BCUT2D eigenvalue weighted by Crippen LogP contribution is -2.50. The van der Waals surface area contributed by atoms with Gasteiger partial charge in [-0.05, 0) is 49.1 Å². The van der Waals surface area contributed by atoms with E-state index >= 15 is 0 Å². The largest absolute Gasteiger partial charge is 0.456 e. The van der Waals surface area contributed by atoms with Crippen molar-refractivity contribution in [2.24, 2.45) is 29.6 Å². The number of nitrogens with zero attached hydrogens (tertiary/aromatic N) is 2. The Bertz CT molecular complexity index is 927. The average Bonchev–Trinajstić information content (AvgIpc) is 3.42. The molecule has 1 aliphatic heterocycles. The summed E-state index contributed by atoms with van der Waals surface area (Å²) in [7, 11) is 0. The maximum Gasteiger partial charge on any atom is 0.330 e. The van der Waals surface area contributed by atoms with Crippen LogP contribution in [0, 0.1) is 39.7 Å². The standard InChI is InChI=1S/C22H24N2O7/c1-11(2)19(23-20(26)17-13-3-4-14(9-13)18(17)21(23)27)22(28)31-10-16(25)12-5-7-15(8-6-12)24(29)30/h5-8,11,13-14,17-19H,3-4,9-10H2,1-2H3/t13-,14-,17-,18-,19+/m0/s1. The second-order valence-corrected chi connectivity index (χ2v) is 8.95. The zero-order valence-electron chi connectivity index (χ0n) is 17.4. The topological polar surface area (TPSA) is 124 Å². The van der Waals surface area contributed by atoms with Gasteiger partial charge in [0.25, 0.3) is 5.69 Å². The number of nitro groups is 1. The summed E-state index contributed by atoms with van der Waals surface area (Å²) < 4.78 is 5.19. The van der Waals surface area contributed by atoms with Gasteiger partial charge in [-0.15, -0.1) is 0 Å². The van der Waals surface area contributed by atoms with Crippen molar-refractivity contribution >= 4 is 29.3 Å². The number of carbonyl (C=O) groups is 4. The van der Waals surface area contributed by atoms with Crippen LogP contribution in [-0.4, -0.2) is 46.0 Å². The smallest absolute Gasteiger partial charge is 0.330 e. The number of esters is 1. The lowest BCUT2D eigenvalue weighted by Gasteiger charge is -2.28. The lowest BCUT2D eigenvalue weighted by atomic mass is 9.81. The van der Waals surface area contributed by atoms with Gasteiger partial charge in [0.05, 0.1) is 16.8 Å². The summed E-state index contributed by atoms with van der Waals surface area (Å²) in [5.41, 5.74) is 0.0120. The molecule has 2 saturated carbocycles. The van der Waals surface area contributed by atoms with E-state index in [2.05, 4.69) is 0 Å². The highest BCUT2D eigenvalue weighted by Crippen LogP contribution is 2.56. The van der Waals surface area contributed by atoms with Gasteiger partial charge in [0, 0.05) is 17.7 Å². The summed E-state index contributed by atoms with van der Waals surface area (Å²) in [6.07, 6.45) is 2.79. The molecule has 2 amide bonds. The molecule has 1 heterocycles. The Morgan fingerprint density at radius 3 is 2.13 bits per heavy atom. The molecule has 0 radical (unpaired) electrons. The van der Waals surface area contributed by atoms with Crippen molar-refractivity contribution in [2.45, 2.75) is 39.2 Å². The first-order valence-electron chi connectivity index (χ1n) is 10.5. The number of fused-ring (bicyclic) bond motifs is 5. The van der Waals surface area contributed by atoms with E-state index < -0.39 is 29.3 Å². The van der Waals surface area contributed by atoms with Gasteiger partial charge in [-0.1, -0.05) is 13.8 Å². The van der Waals surface area contributed by atoms with Gasteiger partial charge in [0.1, 0.15) is 6.04 Å². The molecular formula is C22H24N2O7. The summed E-state index contributed by atoms with van der Waals surface area (Å²) in [5.74, 6) is -2.51. The van der Waals surface area contributed by atoms with E-state index in [0.29, 0.717) is 0 Å². The predicted octanol–water partition coefficient (Wildman–Crippen LogP) is 2.38. The van der Waals surface area contributed by atoms with Crippen LogP contribution in [0.4, 0.5) is 5.69 Å². The van der Waals surface area contributed by atoms with E-state index in [4.69, 9.17) is 4.74 Å². The van der Waals surface area contributed by atoms with Crippen LogP contribution in [0.15, 0.2) is 24.3 Å². The van der Waals surface area contributed by atoms with Gasteiger partial charge in [-0.2, -0.15) is 0 Å². The molecule has 0 N–H and O–H groups in total. The number of non-ortho nitro benzene ring substituents is 1. The second-order valence-electron chi connectivity index (χ2n) is 8.95. The SMILES string of the molecule is CC(C)[C@H](C(=O)OCC(=O)c1ccc([N+](=O)[O-])cc1)N1C(=O)[C@H]2[C@H]3CC[C@@H](C3)[C@@H]2C1=O. The Labute approximate surface area is 178 Å². The van der Waals surface area contributed by atoms with Crippen LogP contribution in [0.1, 0.15) is 43.5 Å². The zero-order chi connectivity index (χ0) is 22.4. The minimum atomic E-state index is -1.07. The van der Waals surface area contributed by atoms with Crippen LogP contribution >= 0.6 is 0 Å². The number of Topliss-reactive ketones (excluding diaryl/α,β-unsaturated/α-hetero) is 1. The third-order valence-electron chi connectivity index (χ3n) is 6.86. The fraction of sp³-hybridized carbons (Fsp3) is 0.545. The Morgan fingerprint density at radius 2 is 1.65 bits per heavy atom. The van der Waals surface area contributed by atoms with Crippen LogP contribution in [-0.2, 0) is 19.1 Å². The molecule has 2 bridgehead atoms. The van der Waals surface area contributed by atoms with E-state index in [9.17, 15) is 29.3 Å². The van der Waals surface area contributed by atoms with Gasteiger partial charge in [-0.3, -0.25) is 29.4 Å². The third-order valence-corrected chi connectivity index (χ3v) is 6.86. The summed E-state index contributed by atoms with van der Waals surface area (Å²) in [6.45, 7) is 2.88. The quantitative estimate of drug-likeness (QED) is 0.215. The number of imide groups is 1. The molecule has 9 nitrogen and oxygen atoms in total. The Morgan fingerprint density at radius 1 is 1.10 bits per heavy atom. The Kier molecular flexibility index (Phi) is 5.36. The number of nitro benzene ring substituents is 1. The molecule has 1 aromatic rings. The van der Waals surface area contributed by atoms with E-state index in [1.54, 1.807) is 13.8 Å².